The van der Waals surface area contributed by atoms with E-state index in [0.717, 1.165) is 16.7 Å². The van der Waals surface area contributed by atoms with Crippen molar-refractivity contribution in [2.75, 3.05) is 6.61 Å². The molecule has 1 unspecified atom stereocenters. The minimum atomic E-state index is -0.310. The topological polar surface area (TPSA) is 38.3 Å². The van der Waals surface area contributed by atoms with Crippen LogP contribution in [0.5, 0.6) is 0 Å². The lowest BCUT2D eigenvalue weighted by Crippen LogP contribution is -2.32. The first kappa shape index (κ1) is 18.8. The van der Waals surface area contributed by atoms with E-state index in [2.05, 4.69) is 5.32 Å². The molecule has 0 aliphatic heterocycles. The molecule has 27 heavy (non-hydrogen) atoms. The van der Waals surface area contributed by atoms with Crippen LogP contribution in [0.15, 0.2) is 84.9 Å². The molecule has 0 fully saturated rings. The van der Waals surface area contributed by atoms with Gasteiger partial charge in [0.1, 0.15) is 5.82 Å². The fraction of sp³-hybridized carbons (Fsp3) is 0.174. The fourth-order valence-electron chi connectivity index (χ4n) is 2.81. The molecule has 1 N–H and O–H groups in total. The quantitative estimate of drug-likeness (QED) is 0.642. The largest absolute Gasteiger partial charge is 0.374 e. The molecule has 0 aromatic heterocycles. The first-order valence-electron chi connectivity index (χ1n) is 8.91. The minimum absolute atomic E-state index is 0.126. The van der Waals surface area contributed by atoms with Crippen molar-refractivity contribution >= 4 is 5.91 Å². The normalized spacial score (nSPS) is 11.7. The van der Waals surface area contributed by atoms with E-state index in [4.69, 9.17) is 4.74 Å². The van der Waals surface area contributed by atoms with E-state index in [-0.39, 0.29) is 24.2 Å². The van der Waals surface area contributed by atoms with Crippen LogP contribution in [0.2, 0.25) is 0 Å². The number of halogens is 1. The predicted molar refractivity (Wildman–Crippen MR) is 104 cm³/mol. The molecular weight excluding hydrogens is 341 g/mol. The van der Waals surface area contributed by atoms with E-state index in [1.165, 1.54) is 12.1 Å². The number of hydrogen-bond donors (Lipinski definition) is 1. The Kier molecular flexibility index (Phi) is 6.72. The Balaban J connectivity index is 1.61. The fourth-order valence-corrected chi connectivity index (χ4v) is 2.81. The van der Waals surface area contributed by atoms with Gasteiger partial charge in [0.05, 0.1) is 25.7 Å². The second-order valence-electron chi connectivity index (χ2n) is 6.33. The Morgan fingerprint density at radius 2 is 1.48 bits per heavy atom. The lowest BCUT2D eigenvalue weighted by Gasteiger charge is -2.19. The number of benzene rings is 3. The lowest BCUT2D eigenvalue weighted by atomic mass is 10.1. The summed E-state index contributed by atoms with van der Waals surface area (Å²) in [4.78, 5) is 12.5. The average molecular weight is 363 g/mol. The Labute approximate surface area is 158 Å². The summed E-state index contributed by atoms with van der Waals surface area (Å²) >= 11 is 0. The maximum atomic E-state index is 13.0. The van der Waals surface area contributed by atoms with Crippen LogP contribution in [0.4, 0.5) is 4.39 Å². The van der Waals surface area contributed by atoms with Crippen LogP contribution in [0, 0.1) is 5.82 Å². The molecule has 1 atom stereocenters. The van der Waals surface area contributed by atoms with Gasteiger partial charge < -0.3 is 10.1 Å². The SMILES string of the molecule is O=C(Cc1ccc(F)cc1)NC(COCc1ccccc1)c1ccccc1. The molecule has 0 spiro atoms. The van der Waals surface area contributed by atoms with E-state index >= 15 is 0 Å². The zero-order chi connectivity index (χ0) is 18.9. The summed E-state index contributed by atoms with van der Waals surface area (Å²) in [5, 5.41) is 3.02. The average Bonchev–Trinajstić information content (AvgIpc) is 2.70. The van der Waals surface area contributed by atoms with Gasteiger partial charge in [0, 0.05) is 0 Å². The number of ether oxygens (including phenoxy) is 1. The second-order valence-corrected chi connectivity index (χ2v) is 6.33. The zero-order valence-electron chi connectivity index (χ0n) is 15.0. The number of rotatable bonds is 8. The Morgan fingerprint density at radius 3 is 2.15 bits per heavy atom. The zero-order valence-corrected chi connectivity index (χ0v) is 15.0. The first-order valence-corrected chi connectivity index (χ1v) is 8.91. The number of amides is 1. The molecule has 0 aliphatic rings. The Morgan fingerprint density at radius 1 is 0.852 bits per heavy atom. The molecule has 3 aromatic rings. The smallest absolute Gasteiger partial charge is 0.224 e. The first-order chi connectivity index (χ1) is 13.2. The van der Waals surface area contributed by atoms with Crippen molar-refractivity contribution in [1.82, 2.24) is 5.32 Å². The van der Waals surface area contributed by atoms with Crippen LogP contribution in [0.25, 0.3) is 0 Å². The van der Waals surface area contributed by atoms with Gasteiger partial charge in [-0.2, -0.15) is 0 Å². The molecule has 4 heteroatoms. The maximum absolute atomic E-state index is 13.0. The third kappa shape index (κ3) is 6.04. The van der Waals surface area contributed by atoms with Gasteiger partial charge in [0.25, 0.3) is 0 Å². The van der Waals surface area contributed by atoms with E-state index in [1.54, 1.807) is 12.1 Å². The van der Waals surface area contributed by atoms with Gasteiger partial charge in [0.2, 0.25) is 5.91 Å². The number of carbonyl (C=O) groups excluding carboxylic acids is 1. The number of hydrogen-bond acceptors (Lipinski definition) is 2. The third-order valence-electron chi connectivity index (χ3n) is 4.21. The summed E-state index contributed by atoms with van der Waals surface area (Å²) in [6.45, 7) is 0.853. The van der Waals surface area contributed by atoms with Crippen molar-refractivity contribution in [3.05, 3.63) is 107 Å². The highest BCUT2D eigenvalue weighted by Crippen LogP contribution is 2.15. The summed E-state index contributed by atoms with van der Waals surface area (Å²) < 4.78 is 18.9. The van der Waals surface area contributed by atoms with Gasteiger partial charge in [0.15, 0.2) is 0 Å². The van der Waals surface area contributed by atoms with Crippen LogP contribution < -0.4 is 5.32 Å². The number of carbonyl (C=O) groups is 1. The van der Waals surface area contributed by atoms with Crippen LogP contribution in [0.1, 0.15) is 22.7 Å². The third-order valence-corrected chi connectivity index (χ3v) is 4.21. The maximum Gasteiger partial charge on any atom is 0.224 e. The van der Waals surface area contributed by atoms with E-state index in [0.29, 0.717) is 13.2 Å². The molecule has 0 bridgehead atoms. The molecule has 0 saturated heterocycles. The van der Waals surface area contributed by atoms with Gasteiger partial charge in [-0.3, -0.25) is 4.79 Å². The molecule has 3 aromatic carbocycles. The van der Waals surface area contributed by atoms with Crippen molar-refractivity contribution in [2.45, 2.75) is 19.1 Å². The van der Waals surface area contributed by atoms with Crippen LogP contribution in [-0.4, -0.2) is 12.5 Å². The molecule has 3 nitrogen and oxygen atoms in total. The molecule has 3 rings (SSSR count). The van der Waals surface area contributed by atoms with Crippen molar-refractivity contribution < 1.29 is 13.9 Å². The number of nitrogens with one attached hydrogen (secondary N) is 1. The van der Waals surface area contributed by atoms with Gasteiger partial charge in [-0.15, -0.1) is 0 Å². The highest BCUT2D eigenvalue weighted by Gasteiger charge is 2.15. The molecule has 138 valence electrons. The van der Waals surface area contributed by atoms with Crippen molar-refractivity contribution in [3.63, 3.8) is 0 Å². The van der Waals surface area contributed by atoms with E-state index in [9.17, 15) is 9.18 Å². The summed E-state index contributed by atoms with van der Waals surface area (Å²) in [7, 11) is 0. The molecule has 0 aliphatic carbocycles. The molecular formula is C23H22FNO2. The van der Waals surface area contributed by atoms with Gasteiger partial charge in [-0.1, -0.05) is 72.8 Å². The summed E-state index contributed by atoms with van der Waals surface area (Å²) in [6.07, 6.45) is 0.197. The highest BCUT2D eigenvalue weighted by molar-refractivity contribution is 5.79. The van der Waals surface area contributed by atoms with Crippen molar-refractivity contribution in [1.29, 1.82) is 0 Å². The van der Waals surface area contributed by atoms with Crippen LogP contribution in [0.3, 0.4) is 0 Å². The van der Waals surface area contributed by atoms with E-state index < -0.39 is 0 Å². The molecule has 0 saturated carbocycles. The Hall–Kier alpha value is -2.98. The van der Waals surface area contributed by atoms with Crippen LogP contribution in [-0.2, 0) is 22.6 Å². The molecule has 0 heterocycles. The van der Waals surface area contributed by atoms with E-state index in [1.807, 2.05) is 60.7 Å². The summed E-state index contributed by atoms with van der Waals surface area (Å²) in [5.41, 5.74) is 2.84. The van der Waals surface area contributed by atoms with Gasteiger partial charge >= 0.3 is 0 Å². The second kappa shape index (κ2) is 9.64. The van der Waals surface area contributed by atoms with Gasteiger partial charge in [-0.05, 0) is 28.8 Å². The lowest BCUT2D eigenvalue weighted by molar-refractivity contribution is -0.121. The molecule has 0 radical (unpaired) electrons. The predicted octanol–water partition coefficient (Wildman–Crippen LogP) is 4.44. The Bertz CT molecular complexity index is 835. The van der Waals surface area contributed by atoms with Crippen molar-refractivity contribution in [2.24, 2.45) is 0 Å². The van der Waals surface area contributed by atoms with Gasteiger partial charge in [-0.25, -0.2) is 4.39 Å². The summed E-state index contributed by atoms with van der Waals surface area (Å²) in [5.74, 6) is -0.436. The minimum Gasteiger partial charge on any atom is -0.374 e. The molecule has 1 amide bonds. The highest BCUT2D eigenvalue weighted by atomic mass is 19.1. The monoisotopic (exact) mass is 363 g/mol. The van der Waals surface area contributed by atoms with Crippen LogP contribution >= 0.6 is 0 Å². The standard InChI is InChI=1S/C23H22FNO2/c24-21-13-11-18(12-14-21)15-23(26)25-22(20-9-5-2-6-10-20)17-27-16-19-7-3-1-4-8-19/h1-14,22H,15-17H2,(H,25,26). The van der Waals surface area contributed by atoms with Crippen molar-refractivity contribution in [3.8, 4) is 0 Å². The summed E-state index contributed by atoms with van der Waals surface area (Å²) in [6, 6.07) is 25.4.